The highest BCUT2D eigenvalue weighted by Crippen LogP contribution is 2.32. The lowest BCUT2D eigenvalue weighted by Crippen LogP contribution is -2.52. The first-order valence-electron chi connectivity index (χ1n) is 7.13. The third-order valence-corrected chi connectivity index (χ3v) is 5.17. The quantitative estimate of drug-likeness (QED) is 0.627. The van der Waals surface area contributed by atoms with Gasteiger partial charge >= 0.3 is 6.18 Å². The van der Waals surface area contributed by atoms with Crippen LogP contribution in [0.2, 0.25) is 5.02 Å². The van der Waals surface area contributed by atoms with Gasteiger partial charge in [-0.15, -0.1) is 0 Å². The first-order valence-corrected chi connectivity index (χ1v) is 9.00. The SMILES string of the molecule is COC[C@@H](C)NS(=O)(=O)c1ccc(NC(=O)[C@@](C)(O)C(F)(F)F)c(Cl)c1. The lowest BCUT2D eigenvalue weighted by molar-refractivity contribution is -0.242. The van der Waals surface area contributed by atoms with Crippen LogP contribution in [0.1, 0.15) is 13.8 Å². The lowest BCUT2D eigenvalue weighted by Gasteiger charge is -2.25. The molecule has 0 saturated carbocycles. The lowest BCUT2D eigenvalue weighted by atomic mass is 10.1. The topological polar surface area (TPSA) is 105 Å². The zero-order chi connectivity index (χ0) is 20.3. The second-order valence-corrected chi connectivity index (χ2v) is 7.76. The van der Waals surface area contributed by atoms with Crippen LogP contribution in [0, 0.1) is 0 Å². The molecule has 0 heterocycles. The van der Waals surface area contributed by atoms with Gasteiger partial charge in [0.05, 0.1) is 22.2 Å². The molecule has 148 valence electrons. The monoisotopic (exact) mass is 418 g/mol. The van der Waals surface area contributed by atoms with Gasteiger partial charge in [0.1, 0.15) is 0 Å². The van der Waals surface area contributed by atoms with E-state index in [1.54, 1.807) is 6.92 Å². The Bertz CT molecular complexity index is 768. The minimum Gasteiger partial charge on any atom is -0.383 e. The molecule has 0 aliphatic heterocycles. The van der Waals surface area contributed by atoms with Crippen molar-refractivity contribution in [3.63, 3.8) is 0 Å². The van der Waals surface area contributed by atoms with E-state index < -0.39 is 33.7 Å². The molecule has 12 heteroatoms. The Hall–Kier alpha value is -1.40. The summed E-state index contributed by atoms with van der Waals surface area (Å²) < 4.78 is 69.5. The van der Waals surface area contributed by atoms with Crippen molar-refractivity contribution in [2.45, 2.75) is 36.6 Å². The molecule has 0 spiro atoms. The van der Waals surface area contributed by atoms with Crippen molar-refractivity contribution in [1.29, 1.82) is 0 Å². The van der Waals surface area contributed by atoms with Crippen molar-refractivity contribution >= 4 is 33.2 Å². The largest absolute Gasteiger partial charge is 0.426 e. The van der Waals surface area contributed by atoms with Crippen molar-refractivity contribution in [2.24, 2.45) is 0 Å². The van der Waals surface area contributed by atoms with Crippen LogP contribution in [0.25, 0.3) is 0 Å². The highest BCUT2D eigenvalue weighted by atomic mass is 35.5. The van der Waals surface area contributed by atoms with E-state index in [0.717, 1.165) is 18.2 Å². The van der Waals surface area contributed by atoms with Crippen LogP contribution in [0.15, 0.2) is 23.1 Å². The van der Waals surface area contributed by atoms with Crippen molar-refractivity contribution in [2.75, 3.05) is 19.0 Å². The summed E-state index contributed by atoms with van der Waals surface area (Å²) in [5.74, 6) is -1.76. The summed E-state index contributed by atoms with van der Waals surface area (Å²) in [4.78, 5) is 11.4. The fourth-order valence-electron chi connectivity index (χ4n) is 1.75. The molecule has 7 nitrogen and oxygen atoms in total. The number of carbonyl (C=O) groups is 1. The second-order valence-electron chi connectivity index (χ2n) is 5.64. The molecule has 0 aliphatic rings. The predicted molar refractivity (Wildman–Crippen MR) is 88.4 cm³/mol. The summed E-state index contributed by atoms with van der Waals surface area (Å²) in [6, 6.07) is 2.49. The highest BCUT2D eigenvalue weighted by molar-refractivity contribution is 7.89. The molecule has 1 aromatic rings. The summed E-state index contributed by atoms with van der Waals surface area (Å²) in [6.07, 6.45) is -5.20. The van der Waals surface area contributed by atoms with E-state index >= 15 is 0 Å². The number of sulfonamides is 1. The van der Waals surface area contributed by atoms with E-state index in [1.165, 1.54) is 7.11 Å². The zero-order valence-corrected chi connectivity index (χ0v) is 15.6. The molecule has 3 N–H and O–H groups in total. The van der Waals surface area contributed by atoms with Gasteiger partial charge in [-0.05, 0) is 32.0 Å². The number of hydrogen-bond donors (Lipinski definition) is 3. The Labute approximate surface area is 153 Å². The van der Waals surface area contributed by atoms with Crippen LogP contribution in [0.4, 0.5) is 18.9 Å². The number of carbonyl (C=O) groups excluding carboxylic acids is 1. The fraction of sp³-hybridized carbons (Fsp3) is 0.500. The van der Waals surface area contributed by atoms with Gasteiger partial charge < -0.3 is 15.2 Å². The minimum atomic E-state index is -5.20. The molecule has 0 fully saturated rings. The fourth-order valence-corrected chi connectivity index (χ4v) is 3.30. The normalized spacial score (nSPS) is 16.0. The van der Waals surface area contributed by atoms with Gasteiger partial charge in [0.15, 0.2) is 0 Å². The second kappa shape index (κ2) is 8.09. The van der Waals surface area contributed by atoms with E-state index in [2.05, 4.69) is 4.72 Å². The smallest absolute Gasteiger partial charge is 0.383 e. The van der Waals surface area contributed by atoms with Crippen LogP contribution in [0.3, 0.4) is 0 Å². The first kappa shape index (κ1) is 22.6. The molecule has 0 unspecified atom stereocenters. The van der Waals surface area contributed by atoms with Gasteiger partial charge in [-0.25, -0.2) is 13.1 Å². The number of anilines is 1. The number of ether oxygens (including phenoxy) is 1. The third-order valence-electron chi connectivity index (χ3n) is 3.27. The molecular weight excluding hydrogens is 401 g/mol. The number of rotatable bonds is 7. The van der Waals surface area contributed by atoms with E-state index in [1.807, 2.05) is 5.32 Å². The molecule has 0 radical (unpaired) electrons. The molecular formula is C14H18ClF3N2O5S. The Morgan fingerprint density at radius 1 is 1.38 bits per heavy atom. The average Bonchev–Trinajstić information content (AvgIpc) is 2.47. The minimum absolute atomic E-state index is 0.119. The van der Waals surface area contributed by atoms with Gasteiger partial charge in [-0.2, -0.15) is 13.2 Å². The van der Waals surface area contributed by atoms with Gasteiger partial charge in [0.2, 0.25) is 15.6 Å². The van der Waals surface area contributed by atoms with Gasteiger partial charge in [-0.1, -0.05) is 11.6 Å². The van der Waals surface area contributed by atoms with Gasteiger partial charge in [0, 0.05) is 13.2 Å². The van der Waals surface area contributed by atoms with Crippen LogP contribution < -0.4 is 10.0 Å². The highest BCUT2D eigenvalue weighted by Gasteiger charge is 2.55. The molecule has 0 aliphatic carbocycles. The number of aliphatic hydroxyl groups is 1. The van der Waals surface area contributed by atoms with Crippen molar-refractivity contribution in [1.82, 2.24) is 4.72 Å². The molecule has 0 saturated heterocycles. The van der Waals surface area contributed by atoms with E-state index in [4.69, 9.17) is 16.3 Å². The number of nitrogens with one attached hydrogen (secondary N) is 2. The van der Waals surface area contributed by atoms with Crippen molar-refractivity contribution in [3.8, 4) is 0 Å². The number of alkyl halides is 3. The molecule has 0 bridgehead atoms. The van der Waals surface area contributed by atoms with E-state index in [9.17, 15) is 31.5 Å². The van der Waals surface area contributed by atoms with Crippen molar-refractivity contribution in [3.05, 3.63) is 23.2 Å². The summed E-state index contributed by atoms with van der Waals surface area (Å²) >= 11 is 5.85. The van der Waals surface area contributed by atoms with Crippen molar-refractivity contribution < 1.29 is 36.2 Å². The van der Waals surface area contributed by atoms with E-state index in [0.29, 0.717) is 0 Å². The van der Waals surface area contributed by atoms with Gasteiger partial charge in [0.25, 0.3) is 5.91 Å². The zero-order valence-electron chi connectivity index (χ0n) is 14.0. The Morgan fingerprint density at radius 2 is 1.96 bits per heavy atom. The van der Waals surface area contributed by atoms with E-state index in [-0.39, 0.29) is 29.1 Å². The number of halogens is 4. The Kier molecular flexibility index (Phi) is 7.04. The maximum absolute atomic E-state index is 12.7. The van der Waals surface area contributed by atoms with Crippen LogP contribution >= 0.6 is 11.6 Å². The number of benzene rings is 1. The maximum Gasteiger partial charge on any atom is 0.426 e. The molecule has 2 atom stereocenters. The first-order chi connectivity index (χ1) is 11.7. The van der Waals surface area contributed by atoms with Crippen LogP contribution in [-0.4, -0.2) is 51.0 Å². The Balaban J connectivity index is 3.03. The number of hydrogen-bond acceptors (Lipinski definition) is 5. The van der Waals surface area contributed by atoms with Crippen LogP contribution in [-0.2, 0) is 19.6 Å². The predicted octanol–water partition coefficient (Wildman–Crippen LogP) is 1.90. The molecule has 1 amide bonds. The summed E-state index contributed by atoms with van der Waals surface area (Å²) in [7, 11) is -2.56. The Morgan fingerprint density at radius 3 is 2.42 bits per heavy atom. The summed E-state index contributed by atoms with van der Waals surface area (Å²) in [6.45, 7) is 1.97. The van der Waals surface area contributed by atoms with Gasteiger partial charge in [-0.3, -0.25) is 4.79 Å². The maximum atomic E-state index is 12.7. The number of amides is 1. The number of methoxy groups -OCH3 is 1. The molecule has 1 rings (SSSR count). The summed E-state index contributed by atoms with van der Waals surface area (Å²) in [5, 5.41) is 10.8. The average molecular weight is 419 g/mol. The molecule has 1 aromatic carbocycles. The molecule has 26 heavy (non-hydrogen) atoms. The molecule has 0 aromatic heterocycles. The standard InChI is InChI=1S/C14H18ClF3N2O5S/c1-8(7-25-3)20-26(23,24)9-4-5-11(10(15)6-9)19-12(21)13(2,22)14(16,17)18/h4-6,8,20,22H,7H2,1-3H3,(H,19,21)/t8-,13-/m1/s1. The summed E-state index contributed by atoms with van der Waals surface area (Å²) in [5.41, 5.74) is -3.93. The van der Waals surface area contributed by atoms with Crippen LogP contribution in [0.5, 0.6) is 0 Å². The third kappa shape index (κ3) is 5.30.